The summed E-state index contributed by atoms with van der Waals surface area (Å²) in [5, 5.41) is 15.9. The molecule has 1 rings (SSSR count). The Labute approximate surface area is 86.8 Å². The Morgan fingerprint density at radius 1 is 1.33 bits per heavy atom. The number of carboxylic acid groups (broad SMARTS) is 1. The average Bonchev–Trinajstić information content (AvgIpc) is 2.18. The van der Waals surface area contributed by atoms with Crippen LogP contribution in [0, 0.1) is 0 Å². The molecule has 0 spiro atoms. The average molecular weight is 212 g/mol. The smallest absolute Gasteiger partial charge is 0.360 e. The van der Waals surface area contributed by atoms with Crippen molar-refractivity contribution in [3.05, 3.63) is 11.8 Å². The molecule has 1 N–H and O–H groups in total. The van der Waals surface area contributed by atoms with Crippen LogP contribution in [0.5, 0.6) is 11.6 Å². The fourth-order valence-electron chi connectivity index (χ4n) is 0.990. The third kappa shape index (κ3) is 2.80. The molecule has 0 aliphatic carbocycles. The molecule has 0 atom stereocenters. The highest BCUT2D eigenvalue weighted by Crippen LogP contribution is 2.20. The lowest BCUT2D eigenvalue weighted by Crippen LogP contribution is -2.08. The summed E-state index contributed by atoms with van der Waals surface area (Å²) in [6, 6.07) is 1.42. The second-order valence-electron chi connectivity index (χ2n) is 2.57. The van der Waals surface area contributed by atoms with E-state index in [-0.39, 0.29) is 17.3 Å². The van der Waals surface area contributed by atoms with E-state index in [0.717, 1.165) is 0 Å². The van der Waals surface area contributed by atoms with E-state index in [0.29, 0.717) is 13.2 Å². The van der Waals surface area contributed by atoms with E-state index in [1.807, 2.05) is 0 Å². The van der Waals surface area contributed by atoms with Crippen LogP contribution in [0.1, 0.15) is 24.3 Å². The van der Waals surface area contributed by atoms with Crippen LogP contribution < -0.4 is 9.47 Å². The van der Waals surface area contributed by atoms with E-state index in [2.05, 4.69) is 10.2 Å². The number of aromatic carboxylic acids is 1. The van der Waals surface area contributed by atoms with Crippen LogP contribution >= 0.6 is 0 Å². The van der Waals surface area contributed by atoms with Gasteiger partial charge >= 0.3 is 5.97 Å². The first-order valence-electron chi connectivity index (χ1n) is 4.55. The molecule has 1 aromatic heterocycles. The van der Waals surface area contributed by atoms with E-state index in [1.54, 1.807) is 13.8 Å². The number of nitrogens with zero attached hydrogens (tertiary/aromatic N) is 2. The molecule has 0 radical (unpaired) electrons. The van der Waals surface area contributed by atoms with Gasteiger partial charge in [0.05, 0.1) is 13.2 Å². The van der Waals surface area contributed by atoms with Crippen LogP contribution in [0.15, 0.2) is 6.07 Å². The van der Waals surface area contributed by atoms with Gasteiger partial charge in [-0.1, -0.05) is 0 Å². The molecule has 6 nitrogen and oxygen atoms in total. The molecular weight excluding hydrogens is 200 g/mol. The van der Waals surface area contributed by atoms with E-state index in [4.69, 9.17) is 14.6 Å². The third-order valence-electron chi connectivity index (χ3n) is 1.53. The SMILES string of the molecule is CCOc1cc(OCC)c(C(=O)O)nn1. The highest BCUT2D eigenvalue weighted by atomic mass is 16.5. The zero-order valence-electron chi connectivity index (χ0n) is 8.56. The number of carbonyl (C=O) groups is 1. The van der Waals surface area contributed by atoms with Gasteiger partial charge < -0.3 is 14.6 Å². The first-order chi connectivity index (χ1) is 7.19. The van der Waals surface area contributed by atoms with Crippen molar-refractivity contribution in [1.82, 2.24) is 10.2 Å². The van der Waals surface area contributed by atoms with Crippen LogP contribution in [0.4, 0.5) is 0 Å². The van der Waals surface area contributed by atoms with Crippen molar-refractivity contribution in [3.8, 4) is 11.6 Å². The van der Waals surface area contributed by atoms with Crippen molar-refractivity contribution >= 4 is 5.97 Å². The van der Waals surface area contributed by atoms with Gasteiger partial charge in [0.1, 0.15) is 0 Å². The van der Waals surface area contributed by atoms with E-state index in [1.165, 1.54) is 6.07 Å². The summed E-state index contributed by atoms with van der Waals surface area (Å²) in [6.45, 7) is 4.35. The Morgan fingerprint density at radius 3 is 2.53 bits per heavy atom. The van der Waals surface area contributed by atoms with Gasteiger partial charge in [-0.15, -0.1) is 10.2 Å². The van der Waals surface area contributed by atoms with Crippen LogP contribution in [-0.2, 0) is 0 Å². The number of carboxylic acids is 1. The molecule has 0 aromatic carbocycles. The molecule has 1 aromatic rings. The second-order valence-corrected chi connectivity index (χ2v) is 2.57. The van der Waals surface area contributed by atoms with Crippen LogP contribution in [0.3, 0.4) is 0 Å². The summed E-state index contributed by atoms with van der Waals surface area (Å²) < 4.78 is 10.2. The summed E-state index contributed by atoms with van der Waals surface area (Å²) in [4.78, 5) is 10.7. The van der Waals surface area contributed by atoms with Gasteiger partial charge in [0.15, 0.2) is 5.75 Å². The molecule has 0 bridgehead atoms. The molecule has 0 amide bonds. The number of hydrogen-bond donors (Lipinski definition) is 1. The van der Waals surface area contributed by atoms with Gasteiger partial charge in [0, 0.05) is 6.07 Å². The number of rotatable bonds is 5. The molecule has 1 heterocycles. The normalized spacial score (nSPS) is 9.73. The van der Waals surface area contributed by atoms with E-state index < -0.39 is 5.97 Å². The maximum atomic E-state index is 10.7. The molecular formula is C9H12N2O4. The first-order valence-corrected chi connectivity index (χ1v) is 4.55. The first kappa shape index (κ1) is 11.2. The molecule has 0 saturated heterocycles. The Morgan fingerprint density at radius 2 is 2.00 bits per heavy atom. The molecule has 0 aliphatic heterocycles. The van der Waals surface area contributed by atoms with Gasteiger partial charge in [-0.25, -0.2) is 4.79 Å². The maximum absolute atomic E-state index is 10.7. The quantitative estimate of drug-likeness (QED) is 0.783. The fourth-order valence-corrected chi connectivity index (χ4v) is 0.990. The van der Waals surface area contributed by atoms with Crippen LogP contribution in [-0.4, -0.2) is 34.5 Å². The summed E-state index contributed by atoms with van der Waals surface area (Å²) in [7, 11) is 0. The number of hydrogen-bond acceptors (Lipinski definition) is 5. The van der Waals surface area contributed by atoms with Gasteiger partial charge in [0.25, 0.3) is 0 Å². The lowest BCUT2D eigenvalue weighted by atomic mass is 10.3. The summed E-state index contributed by atoms with van der Waals surface area (Å²) >= 11 is 0. The van der Waals surface area contributed by atoms with Crippen molar-refractivity contribution in [1.29, 1.82) is 0 Å². The predicted octanol–water partition coefficient (Wildman–Crippen LogP) is 0.972. The molecule has 0 fully saturated rings. The van der Waals surface area contributed by atoms with E-state index >= 15 is 0 Å². The topological polar surface area (TPSA) is 81.5 Å². The Kier molecular flexibility index (Phi) is 3.84. The lowest BCUT2D eigenvalue weighted by Gasteiger charge is -2.07. The second kappa shape index (κ2) is 5.14. The van der Waals surface area contributed by atoms with Crippen LogP contribution in [0.25, 0.3) is 0 Å². The van der Waals surface area contributed by atoms with Crippen molar-refractivity contribution in [2.24, 2.45) is 0 Å². The lowest BCUT2D eigenvalue weighted by molar-refractivity contribution is 0.0684. The van der Waals surface area contributed by atoms with Crippen molar-refractivity contribution < 1.29 is 19.4 Å². The summed E-state index contributed by atoms with van der Waals surface area (Å²) in [5.74, 6) is -0.747. The minimum atomic E-state index is -1.17. The minimum Gasteiger partial charge on any atom is -0.491 e. The Hall–Kier alpha value is -1.85. The Balaban J connectivity index is 3.03. The molecule has 0 unspecified atom stereocenters. The van der Waals surface area contributed by atoms with Crippen molar-refractivity contribution in [3.63, 3.8) is 0 Å². The minimum absolute atomic E-state index is 0.170. The molecule has 15 heavy (non-hydrogen) atoms. The Bertz CT molecular complexity index is 354. The zero-order chi connectivity index (χ0) is 11.3. The van der Waals surface area contributed by atoms with Crippen LogP contribution in [0.2, 0.25) is 0 Å². The monoisotopic (exact) mass is 212 g/mol. The number of aromatic nitrogens is 2. The predicted molar refractivity (Wildman–Crippen MR) is 51.3 cm³/mol. The summed E-state index contributed by atoms with van der Waals surface area (Å²) in [6.07, 6.45) is 0. The molecule has 82 valence electrons. The van der Waals surface area contributed by atoms with Gasteiger partial charge in [0.2, 0.25) is 11.6 Å². The molecule has 6 heteroatoms. The third-order valence-corrected chi connectivity index (χ3v) is 1.53. The van der Waals surface area contributed by atoms with Gasteiger partial charge in [-0.2, -0.15) is 0 Å². The summed E-state index contributed by atoms with van der Waals surface area (Å²) in [5.41, 5.74) is -0.208. The zero-order valence-corrected chi connectivity index (χ0v) is 8.56. The fraction of sp³-hybridized carbons (Fsp3) is 0.444. The number of ether oxygens (including phenoxy) is 2. The highest BCUT2D eigenvalue weighted by Gasteiger charge is 2.15. The van der Waals surface area contributed by atoms with Gasteiger partial charge in [-0.05, 0) is 13.8 Å². The maximum Gasteiger partial charge on any atom is 0.360 e. The van der Waals surface area contributed by atoms with E-state index in [9.17, 15) is 4.79 Å². The van der Waals surface area contributed by atoms with Gasteiger partial charge in [-0.3, -0.25) is 0 Å². The highest BCUT2D eigenvalue weighted by molar-refractivity contribution is 5.88. The largest absolute Gasteiger partial charge is 0.491 e. The molecule has 0 saturated carbocycles. The molecule has 0 aliphatic rings. The standard InChI is InChI=1S/C9H12N2O4/c1-3-14-6-5-7(15-4-2)10-11-8(6)9(12)13/h5H,3-4H2,1-2H3,(H,12,13). The van der Waals surface area contributed by atoms with Crippen molar-refractivity contribution in [2.45, 2.75) is 13.8 Å². The van der Waals surface area contributed by atoms with Crippen molar-refractivity contribution in [2.75, 3.05) is 13.2 Å².